The molecule has 0 saturated heterocycles. The smallest absolute Gasteiger partial charge is 0.271 e. The van der Waals surface area contributed by atoms with Gasteiger partial charge in [-0.15, -0.1) is 0 Å². The van der Waals surface area contributed by atoms with Crippen molar-refractivity contribution in [3.63, 3.8) is 0 Å². The van der Waals surface area contributed by atoms with Crippen molar-refractivity contribution in [1.82, 2.24) is 0 Å². The lowest BCUT2D eigenvalue weighted by Gasteiger charge is -2.15. The average Bonchev–Trinajstić information content (AvgIpc) is 3.14. The van der Waals surface area contributed by atoms with Crippen LogP contribution in [-0.4, -0.2) is 15.6 Å². The molecule has 1 N–H and O–H groups in total. The van der Waals surface area contributed by atoms with Crippen molar-refractivity contribution in [2.24, 2.45) is 5.10 Å². The number of anilines is 1. The standard InChI is InChI=1S/C23H17ClN4O4/c24-23-20(26-25-19-12-11-17(27(29)30)13-21(19)28(31)32)14-18(15-7-3-1-4-8-15)22(23)16-9-5-2-6-10-16/h1-13,18,25H,14H2/b26-20-/t18-/m0/s1. The third-order valence-corrected chi connectivity index (χ3v) is 5.64. The Morgan fingerprint density at radius 2 is 1.56 bits per heavy atom. The van der Waals surface area contributed by atoms with Crippen LogP contribution in [0.4, 0.5) is 17.1 Å². The SMILES string of the molecule is O=[N+]([O-])c1ccc(N/N=C2/C[C@@H](c3ccccc3)C(c3ccccc3)=C2Cl)c([N+](=O)[O-])c1. The van der Waals surface area contributed by atoms with Crippen molar-refractivity contribution in [2.75, 3.05) is 5.43 Å². The highest BCUT2D eigenvalue weighted by Gasteiger charge is 2.32. The number of halogens is 1. The van der Waals surface area contributed by atoms with Crippen LogP contribution in [0.3, 0.4) is 0 Å². The molecule has 8 nitrogen and oxygen atoms in total. The van der Waals surface area contributed by atoms with E-state index < -0.39 is 15.5 Å². The Morgan fingerprint density at radius 3 is 2.19 bits per heavy atom. The zero-order valence-corrected chi connectivity index (χ0v) is 17.4. The number of benzene rings is 3. The van der Waals surface area contributed by atoms with Crippen LogP contribution in [0, 0.1) is 20.2 Å². The van der Waals surface area contributed by atoms with E-state index in [-0.39, 0.29) is 17.3 Å². The lowest BCUT2D eigenvalue weighted by Crippen LogP contribution is -2.03. The highest BCUT2D eigenvalue weighted by atomic mass is 35.5. The Hall–Kier alpha value is -4.04. The Bertz CT molecular complexity index is 1240. The largest absolute Gasteiger partial charge is 0.301 e. The predicted octanol–water partition coefficient (Wildman–Crippen LogP) is 6.11. The molecule has 0 aliphatic heterocycles. The molecule has 4 rings (SSSR count). The van der Waals surface area contributed by atoms with Crippen LogP contribution < -0.4 is 5.43 Å². The second-order valence-corrected chi connectivity index (χ2v) is 7.53. The van der Waals surface area contributed by atoms with Gasteiger partial charge in [-0.05, 0) is 22.8 Å². The molecule has 0 aromatic heterocycles. The molecule has 9 heteroatoms. The Balaban J connectivity index is 1.72. The van der Waals surface area contributed by atoms with Crippen molar-refractivity contribution in [1.29, 1.82) is 0 Å². The summed E-state index contributed by atoms with van der Waals surface area (Å²) < 4.78 is 0. The third kappa shape index (κ3) is 4.21. The van der Waals surface area contributed by atoms with E-state index in [1.54, 1.807) is 0 Å². The molecule has 3 aromatic rings. The minimum absolute atomic E-state index is 0.0292. The normalized spacial score (nSPS) is 16.9. The van der Waals surface area contributed by atoms with Gasteiger partial charge >= 0.3 is 5.69 Å². The van der Waals surface area contributed by atoms with Crippen LogP contribution in [0.25, 0.3) is 5.57 Å². The lowest BCUT2D eigenvalue weighted by molar-refractivity contribution is -0.393. The number of hydrogen-bond donors (Lipinski definition) is 1. The van der Waals surface area contributed by atoms with Gasteiger partial charge in [0.2, 0.25) is 0 Å². The van der Waals surface area contributed by atoms with Crippen LogP contribution in [-0.2, 0) is 0 Å². The number of nitrogens with zero attached hydrogens (tertiary/aromatic N) is 3. The third-order valence-electron chi connectivity index (χ3n) is 5.22. The number of allylic oxidation sites excluding steroid dienone is 2. The number of nitro benzene ring substituents is 2. The van der Waals surface area contributed by atoms with Gasteiger partial charge in [-0.25, -0.2) is 0 Å². The number of nitro groups is 2. The van der Waals surface area contributed by atoms with Gasteiger partial charge in [0.15, 0.2) is 0 Å². The lowest BCUT2D eigenvalue weighted by atomic mass is 9.88. The zero-order valence-electron chi connectivity index (χ0n) is 16.6. The number of hydrogen-bond acceptors (Lipinski definition) is 6. The van der Waals surface area contributed by atoms with E-state index in [9.17, 15) is 20.2 Å². The summed E-state index contributed by atoms with van der Waals surface area (Å²) in [5, 5.41) is 27.2. The van der Waals surface area contributed by atoms with Crippen LogP contribution in [0.15, 0.2) is 89.0 Å². The number of nitrogens with one attached hydrogen (secondary N) is 1. The summed E-state index contributed by atoms with van der Waals surface area (Å²) in [5.41, 5.74) is 5.44. The second-order valence-electron chi connectivity index (χ2n) is 7.15. The Morgan fingerprint density at radius 1 is 0.906 bits per heavy atom. The molecule has 0 saturated carbocycles. The van der Waals surface area contributed by atoms with E-state index in [2.05, 4.69) is 10.5 Å². The van der Waals surface area contributed by atoms with Gasteiger partial charge in [0.05, 0.1) is 26.7 Å². The fourth-order valence-electron chi connectivity index (χ4n) is 3.71. The maximum absolute atomic E-state index is 11.4. The molecule has 0 heterocycles. The van der Waals surface area contributed by atoms with Crippen LogP contribution >= 0.6 is 11.6 Å². The summed E-state index contributed by atoms with van der Waals surface area (Å²) >= 11 is 6.74. The van der Waals surface area contributed by atoms with Gasteiger partial charge in [0, 0.05) is 18.4 Å². The van der Waals surface area contributed by atoms with E-state index in [1.165, 1.54) is 12.1 Å². The van der Waals surface area contributed by atoms with Gasteiger partial charge in [0.25, 0.3) is 5.69 Å². The Kier molecular flexibility index (Phi) is 5.96. The summed E-state index contributed by atoms with van der Waals surface area (Å²) in [6.07, 6.45) is 0.501. The first-order valence-electron chi connectivity index (χ1n) is 9.71. The minimum atomic E-state index is -0.691. The first-order valence-corrected chi connectivity index (χ1v) is 10.1. The van der Waals surface area contributed by atoms with Gasteiger partial charge in [0.1, 0.15) is 5.69 Å². The number of non-ortho nitro benzene ring substituents is 1. The average molecular weight is 449 g/mol. The van der Waals surface area contributed by atoms with Crippen LogP contribution in [0.1, 0.15) is 23.5 Å². The molecular formula is C23H17ClN4O4. The molecule has 160 valence electrons. The fourth-order valence-corrected chi connectivity index (χ4v) is 4.07. The minimum Gasteiger partial charge on any atom is -0.271 e. The quantitative estimate of drug-likeness (QED) is 0.361. The summed E-state index contributed by atoms with van der Waals surface area (Å²) in [7, 11) is 0. The van der Waals surface area contributed by atoms with Crippen molar-refractivity contribution in [2.45, 2.75) is 12.3 Å². The fraction of sp³-hybridized carbons (Fsp3) is 0.0870. The molecule has 1 atom stereocenters. The van der Waals surface area contributed by atoms with Crippen molar-refractivity contribution >= 4 is 39.9 Å². The number of hydrazone groups is 1. The molecule has 0 amide bonds. The maximum Gasteiger partial charge on any atom is 0.301 e. The van der Waals surface area contributed by atoms with Gasteiger partial charge in [-0.3, -0.25) is 25.7 Å². The molecular weight excluding hydrogens is 432 g/mol. The van der Waals surface area contributed by atoms with E-state index in [1.807, 2.05) is 60.7 Å². The first kappa shape index (κ1) is 21.2. The van der Waals surface area contributed by atoms with Crippen molar-refractivity contribution < 1.29 is 9.85 Å². The maximum atomic E-state index is 11.4. The predicted molar refractivity (Wildman–Crippen MR) is 124 cm³/mol. The molecule has 3 aromatic carbocycles. The molecule has 0 bridgehead atoms. The summed E-state index contributed by atoms with van der Waals surface area (Å²) in [6, 6.07) is 23.0. The van der Waals surface area contributed by atoms with Crippen LogP contribution in [0.5, 0.6) is 0 Å². The molecule has 0 unspecified atom stereocenters. The van der Waals surface area contributed by atoms with Crippen LogP contribution in [0.2, 0.25) is 0 Å². The summed E-state index contributed by atoms with van der Waals surface area (Å²) in [4.78, 5) is 21.0. The molecule has 1 aliphatic carbocycles. The van der Waals surface area contributed by atoms with E-state index in [0.29, 0.717) is 17.2 Å². The molecule has 0 spiro atoms. The summed E-state index contributed by atoms with van der Waals surface area (Å²) in [6.45, 7) is 0. The first-order chi connectivity index (χ1) is 15.5. The highest BCUT2D eigenvalue weighted by Crippen LogP contribution is 2.45. The van der Waals surface area contributed by atoms with Gasteiger partial charge < -0.3 is 0 Å². The van der Waals surface area contributed by atoms with Gasteiger partial charge in [-0.1, -0.05) is 72.3 Å². The molecule has 1 aliphatic rings. The van der Waals surface area contributed by atoms with Gasteiger partial charge in [-0.2, -0.15) is 5.10 Å². The molecule has 0 fully saturated rings. The van der Waals surface area contributed by atoms with E-state index in [4.69, 9.17) is 11.6 Å². The Labute approximate surface area is 188 Å². The van der Waals surface area contributed by atoms with E-state index >= 15 is 0 Å². The molecule has 32 heavy (non-hydrogen) atoms. The highest BCUT2D eigenvalue weighted by molar-refractivity contribution is 6.48. The second kappa shape index (κ2) is 8.99. The topological polar surface area (TPSA) is 111 Å². The zero-order chi connectivity index (χ0) is 22.7. The van der Waals surface area contributed by atoms with Crippen molar-refractivity contribution in [3.05, 3.63) is 115 Å². The monoisotopic (exact) mass is 448 g/mol. The van der Waals surface area contributed by atoms with E-state index in [0.717, 1.165) is 22.8 Å². The summed E-state index contributed by atoms with van der Waals surface area (Å²) in [5.74, 6) is -0.0292. The number of rotatable bonds is 6. The van der Waals surface area contributed by atoms with Crippen molar-refractivity contribution in [3.8, 4) is 0 Å². The molecule has 0 radical (unpaired) electrons.